The van der Waals surface area contributed by atoms with Crippen LogP contribution in [0.3, 0.4) is 0 Å². The molecule has 6 heteroatoms. The molecule has 2 fully saturated rings. The first kappa shape index (κ1) is 15.4. The summed E-state index contributed by atoms with van der Waals surface area (Å²) < 4.78 is 36.7. The smallest absolute Gasteiger partial charge is 0.311 e. The summed E-state index contributed by atoms with van der Waals surface area (Å²) in [5.74, 6) is 0.802. The highest BCUT2D eigenvalue weighted by Gasteiger charge is 2.47. The summed E-state index contributed by atoms with van der Waals surface area (Å²) in [4.78, 5) is 2.30. The van der Waals surface area contributed by atoms with E-state index < -0.39 is 5.51 Å². The van der Waals surface area contributed by atoms with E-state index in [0.29, 0.717) is 18.5 Å². The van der Waals surface area contributed by atoms with Gasteiger partial charge in [0.1, 0.15) is 0 Å². The summed E-state index contributed by atoms with van der Waals surface area (Å²) >= 11 is 0.107. The molecule has 1 saturated carbocycles. The van der Waals surface area contributed by atoms with Crippen LogP contribution < -0.4 is 5.32 Å². The van der Waals surface area contributed by atoms with Crippen LogP contribution in [0.1, 0.15) is 33.1 Å². The molecule has 1 aliphatic carbocycles. The number of halogens is 3. The van der Waals surface area contributed by atoms with Gasteiger partial charge in [0.25, 0.3) is 0 Å². The summed E-state index contributed by atoms with van der Waals surface area (Å²) in [6.45, 7) is 6.66. The predicted molar refractivity (Wildman–Crippen MR) is 73.3 cm³/mol. The molecule has 0 radical (unpaired) electrons. The number of alkyl halides is 3. The molecule has 19 heavy (non-hydrogen) atoms. The minimum atomic E-state index is -4.10. The second-order valence-electron chi connectivity index (χ2n) is 5.86. The molecule has 0 bridgehead atoms. The molecule has 1 saturated heterocycles. The predicted octanol–water partition coefficient (Wildman–Crippen LogP) is 3.09. The van der Waals surface area contributed by atoms with Crippen LogP contribution >= 0.6 is 11.8 Å². The molecule has 0 aromatic carbocycles. The third-order valence-electron chi connectivity index (χ3n) is 4.49. The first-order chi connectivity index (χ1) is 8.85. The Labute approximate surface area is 117 Å². The molecule has 1 N–H and O–H groups in total. The zero-order valence-corrected chi connectivity index (χ0v) is 12.4. The summed E-state index contributed by atoms with van der Waals surface area (Å²) in [7, 11) is 0. The summed E-state index contributed by atoms with van der Waals surface area (Å²) in [5.41, 5.74) is -4.05. The molecule has 0 spiro atoms. The van der Waals surface area contributed by atoms with Gasteiger partial charge in [-0.2, -0.15) is 13.2 Å². The van der Waals surface area contributed by atoms with Gasteiger partial charge < -0.3 is 5.32 Å². The van der Waals surface area contributed by atoms with E-state index in [9.17, 15) is 13.2 Å². The van der Waals surface area contributed by atoms with Crippen LogP contribution in [0.15, 0.2) is 0 Å². The Morgan fingerprint density at radius 3 is 2.58 bits per heavy atom. The van der Waals surface area contributed by atoms with Crippen molar-refractivity contribution in [3.63, 3.8) is 0 Å². The number of nitrogens with zero attached hydrogens (tertiary/aromatic N) is 1. The topological polar surface area (TPSA) is 15.3 Å². The fraction of sp³-hybridized carbons (Fsp3) is 1.00. The van der Waals surface area contributed by atoms with Gasteiger partial charge in [-0.15, -0.1) is 0 Å². The summed E-state index contributed by atoms with van der Waals surface area (Å²) in [6, 6.07) is 0.419. The van der Waals surface area contributed by atoms with Crippen molar-refractivity contribution in [2.24, 2.45) is 5.92 Å². The number of thioether (sulfide) groups is 1. The fourth-order valence-corrected chi connectivity index (χ4v) is 3.54. The molecular formula is C13H23F3N2S. The van der Waals surface area contributed by atoms with E-state index in [0.717, 1.165) is 19.5 Å². The Hall–Kier alpha value is 0.0600. The van der Waals surface area contributed by atoms with Crippen molar-refractivity contribution in [3.8, 4) is 0 Å². The van der Waals surface area contributed by atoms with Gasteiger partial charge in [-0.25, -0.2) is 0 Å². The lowest BCUT2D eigenvalue weighted by Gasteiger charge is -2.48. The van der Waals surface area contributed by atoms with Crippen LogP contribution in [0.2, 0.25) is 0 Å². The Bertz CT molecular complexity index is 307. The van der Waals surface area contributed by atoms with Crippen LogP contribution in [0.5, 0.6) is 0 Å². The third-order valence-corrected chi connectivity index (χ3v) is 5.20. The van der Waals surface area contributed by atoms with Crippen LogP contribution in [-0.4, -0.2) is 47.4 Å². The third kappa shape index (κ3) is 4.02. The first-order valence-corrected chi connectivity index (χ1v) is 8.03. The van der Waals surface area contributed by atoms with E-state index in [1.807, 2.05) is 0 Å². The van der Waals surface area contributed by atoms with Crippen LogP contribution in [0.4, 0.5) is 13.2 Å². The van der Waals surface area contributed by atoms with Gasteiger partial charge in [0.15, 0.2) is 0 Å². The maximum atomic E-state index is 12.2. The Kier molecular flexibility index (Phi) is 4.73. The van der Waals surface area contributed by atoms with E-state index in [1.54, 1.807) is 0 Å². The second-order valence-corrected chi connectivity index (χ2v) is 7.02. The molecule has 0 aromatic rings. The molecule has 2 aliphatic rings. The van der Waals surface area contributed by atoms with Gasteiger partial charge in [-0.3, -0.25) is 4.90 Å². The number of rotatable bonds is 5. The number of nitrogens with one attached hydrogen (secondary N) is 1. The van der Waals surface area contributed by atoms with Crippen molar-refractivity contribution in [1.29, 1.82) is 0 Å². The van der Waals surface area contributed by atoms with Gasteiger partial charge in [0.05, 0.1) is 0 Å². The van der Waals surface area contributed by atoms with Gasteiger partial charge >= 0.3 is 5.51 Å². The van der Waals surface area contributed by atoms with E-state index in [1.165, 1.54) is 12.8 Å². The maximum Gasteiger partial charge on any atom is 0.441 e. The molecule has 2 rings (SSSR count). The monoisotopic (exact) mass is 296 g/mol. The standard InChI is InChI=1S/C13H23F3N2S/c1-3-11-8-18(6-7-19-13(14,15)16)12(2,9-17-11)10-4-5-10/h10-11,17H,3-9H2,1-2H3. The molecule has 2 nitrogen and oxygen atoms in total. The highest BCUT2D eigenvalue weighted by molar-refractivity contribution is 8.00. The molecule has 0 amide bonds. The molecule has 2 atom stereocenters. The molecule has 1 aliphatic heterocycles. The van der Waals surface area contributed by atoms with Gasteiger partial charge in [0, 0.05) is 37.0 Å². The van der Waals surface area contributed by atoms with E-state index in [4.69, 9.17) is 0 Å². The molecule has 1 heterocycles. The Morgan fingerprint density at radius 1 is 1.37 bits per heavy atom. The minimum Gasteiger partial charge on any atom is -0.311 e. The van der Waals surface area contributed by atoms with Crippen LogP contribution in [-0.2, 0) is 0 Å². The van der Waals surface area contributed by atoms with Crippen molar-refractivity contribution in [3.05, 3.63) is 0 Å². The minimum absolute atomic E-state index is 0.0534. The van der Waals surface area contributed by atoms with Gasteiger partial charge in [0.2, 0.25) is 0 Å². The van der Waals surface area contributed by atoms with E-state index in [-0.39, 0.29) is 23.1 Å². The van der Waals surface area contributed by atoms with Crippen molar-refractivity contribution in [2.75, 3.05) is 25.4 Å². The summed E-state index contributed by atoms with van der Waals surface area (Å²) in [6.07, 6.45) is 3.47. The molecule has 2 unspecified atom stereocenters. The van der Waals surface area contributed by atoms with E-state index in [2.05, 4.69) is 24.1 Å². The zero-order chi connectivity index (χ0) is 14.1. The quantitative estimate of drug-likeness (QED) is 0.839. The fourth-order valence-electron chi connectivity index (χ4n) is 3.00. The van der Waals surface area contributed by atoms with Crippen molar-refractivity contribution < 1.29 is 13.2 Å². The van der Waals surface area contributed by atoms with E-state index >= 15 is 0 Å². The van der Waals surface area contributed by atoms with Gasteiger partial charge in [-0.05, 0) is 43.9 Å². The van der Waals surface area contributed by atoms with Gasteiger partial charge in [-0.1, -0.05) is 6.92 Å². The molecular weight excluding hydrogens is 273 g/mol. The number of piperazine rings is 1. The molecule has 0 aromatic heterocycles. The average Bonchev–Trinajstić information content (AvgIpc) is 3.14. The van der Waals surface area contributed by atoms with Crippen molar-refractivity contribution in [2.45, 2.75) is 50.2 Å². The van der Waals surface area contributed by atoms with Crippen LogP contribution in [0.25, 0.3) is 0 Å². The summed E-state index contributed by atoms with van der Waals surface area (Å²) in [5, 5.41) is 3.55. The SMILES string of the molecule is CCC1CN(CCSC(F)(F)F)C(C)(C2CC2)CN1. The molecule has 112 valence electrons. The largest absolute Gasteiger partial charge is 0.441 e. The lowest BCUT2D eigenvalue weighted by molar-refractivity contribution is -0.0332. The van der Waals surface area contributed by atoms with Crippen molar-refractivity contribution >= 4 is 11.8 Å². The zero-order valence-electron chi connectivity index (χ0n) is 11.6. The van der Waals surface area contributed by atoms with Crippen LogP contribution in [0, 0.1) is 5.92 Å². The van der Waals surface area contributed by atoms with Crippen molar-refractivity contribution in [1.82, 2.24) is 10.2 Å². The Morgan fingerprint density at radius 2 is 2.05 bits per heavy atom. The Balaban J connectivity index is 1.91. The highest BCUT2D eigenvalue weighted by atomic mass is 32.2. The average molecular weight is 296 g/mol. The second kappa shape index (κ2) is 5.82. The lowest BCUT2D eigenvalue weighted by Crippen LogP contribution is -2.64. The first-order valence-electron chi connectivity index (χ1n) is 7.04. The number of hydrogen-bond acceptors (Lipinski definition) is 3. The lowest BCUT2D eigenvalue weighted by atomic mass is 9.89. The maximum absolute atomic E-state index is 12.2. The number of hydrogen-bond donors (Lipinski definition) is 1. The normalized spacial score (nSPS) is 33.6. The highest BCUT2D eigenvalue weighted by Crippen LogP contribution is 2.44.